The lowest BCUT2D eigenvalue weighted by Gasteiger charge is -2.13. The molecule has 2 aromatic heterocycles. The first-order chi connectivity index (χ1) is 15.5. The smallest absolute Gasteiger partial charge is 0.231 e. The van der Waals surface area contributed by atoms with E-state index < -0.39 is 5.92 Å². The minimum atomic E-state index is -0.557. The number of hydrogen-bond donors (Lipinski definition) is 1. The first kappa shape index (κ1) is 21.3. The lowest BCUT2D eigenvalue weighted by molar-refractivity contribution is -0.117. The minimum absolute atomic E-state index is 0.0796. The number of nitriles is 2. The number of rotatable bonds is 6. The van der Waals surface area contributed by atoms with E-state index in [1.54, 1.807) is 42.1 Å². The Balaban J connectivity index is 1.50. The van der Waals surface area contributed by atoms with Gasteiger partial charge in [0.2, 0.25) is 5.91 Å². The first-order valence-electron chi connectivity index (χ1n) is 9.53. The number of Topliss-reactive ketones (excluding diaryl/α,β-unsaturated/α-hetero) is 1. The number of ketones is 1. The van der Waals surface area contributed by atoms with E-state index in [0.717, 1.165) is 10.2 Å². The van der Waals surface area contributed by atoms with Crippen molar-refractivity contribution in [3.63, 3.8) is 0 Å². The normalized spacial score (nSPS) is 11.5. The summed E-state index contributed by atoms with van der Waals surface area (Å²) in [6.07, 6.45) is 0.179. The van der Waals surface area contributed by atoms with Crippen LogP contribution in [0.5, 0.6) is 0 Å². The summed E-state index contributed by atoms with van der Waals surface area (Å²) < 4.78 is 0.856. The van der Waals surface area contributed by atoms with Crippen LogP contribution in [0.1, 0.15) is 45.0 Å². The molecule has 0 bridgehead atoms. The summed E-state index contributed by atoms with van der Waals surface area (Å²) in [7, 11) is 0. The third-order valence-electron chi connectivity index (χ3n) is 4.84. The number of aromatic nitrogens is 2. The molecule has 0 aliphatic heterocycles. The largest absolute Gasteiger partial charge is 0.326 e. The van der Waals surface area contributed by atoms with E-state index in [2.05, 4.69) is 15.3 Å². The Kier molecular flexibility index (Phi) is 6.04. The van der Waals surface area contributed by atoms with Crippen molar-refractivity contribution in [2.45, 2.75) is 19.3 Å². The summed E-state index contributed by atoms with van der Waals surface area (Å²) in [6, 6.07) is 14.1. The highest BCUT2D eigenvalue weighted by molar-refractivity contribution is 7.18. The third-order valence-corrected chi connectivity index (χ3v) is 6.44. The number of anilines is 1. The van der Waals surface area contributed by atoms with Crippen molar-refractivity contribution >= 4 is 50.3 Å². The zero-order valence-corrected chi connectivity index (χ0v) is 18.5. The molecule has 32 heavy (non-hydrogen) atoms. The van der Waals surface area contributed by atoms with Crippen LogP contribution >= 0.6 is 22.7 Å². The van der Waals surface area contributed by atoms with Crippen molar-refractivity contribution in [2.24, 2.45) is 0 Å². The van der Waals surface area contributed by atoms with Gasteiger partial charge in [0, 0.05) is 11.1 Å². The third kappa shape index (κ3) is 4.54. The van der Waals surface area contributed by atoms with Crippen molar-refractivity contribution in [3.8, 4) is 12.1 Å². The van der Waals surface area contributed by atoms with Gasteiger partial charge in [0.15, 0.2) is 5.78 Å². The first-order valence-corrected chi connectivity index (χ1v) is 11.3. The highest BCUT2D eigenvalue weighted by Gasteiger charge is 2.18. The van der Waals surface area contributed by atoms with Crippen molar-refractivity contribution in [1.29, 1.82) is 10.5 Å². The molecule has 0 aliphatic carbocycles. The fourth-order valence-electron chi connectivity index (χ4n) is 3.14. The van der Waals surface area contributed by atoms with Crippen LogP contribution in [-0.4, -0.2) is 21.7 Å². The van der Waals surface area contributed by atoms with Crippen LogP contribution in [0.3, 0.4) is 0 Å². The highest BCUT2D eigenvalue weighted by atomic mass is 32.1. The lowest BCUT2D eigenvalue weighted by Crippen LogP contribution is -2.19. The number of carbonyl (C=O) groups is 2. The molecule has 9 heteroatoms. The zero-order valence-electron chi connectivity index (χ0n) is 16.8. The van der Waals surface area contributed by atoms with Crippen LogP contribution in [0.2, 0.25) is 0 Å². The second-order valence-corrected chi connectivity index (χ2v) is 8.88. The van der Waals surface area contributed by atoms with Gasteiger partial charge in [-0.15, -0.1) is 22.7 Å². The number of nitrogens with zero attached hydrogens (tertiary/aromatic N) is 4. The van der Waals surface area contributed by atoms with Gasteiger partial charge in [-0.2, -0.15) is 10.5 Å². The second kappa shape index (κ2) is 9.06. The van der Waals surface area contributed by atoms with Crippen LogP contribution in [0.25, 0.3) is 10.2 Å². The average molecular weight is 458 g/mol. The molecule has 1 N–H and O–H groups in total. The summed E-state index contributed by atoms with van der Waals surface area (Å²) in [5, 5.41) is 23.6. The molecule has 7 nitrogen and oxygen atoms in total. The Morgan fingerprint density at radius 1 is 1.12 bits per heavy atom. The second-order valence-electron chi connectivity index (χ2n) is 7.04. The molecular formula is C23H15N5O2S2. The molecule has 0 saturated carbocycles. The Bertz CT molecular complexity index is 1380. The van der Waals surface area contributed by atoms with Crippen LogP contribution in [0, 0.1) is 22.7 Å². The monoisotopic (exact) mass is 457 g/mol. The van der Waals surface area contributed by atoms with Gasteiger partial charge in [-0.3, -0.25) is 9.59 Å². The quantitative estimate of drug-likeness (QED) is 0.420. The maximum atomic E-state index is 12.8. The summed E-state index contributed by atoms with van der Waals surface area (Å²) in [6.45, 7) is 1.72. The molecule has 156 valence electrons. The van der Waals surface area contributed by atoms with Gasteiger partial charge in [0.05, 0.1) is 51.3 Å². The number of thiazole rings is 2. The molecule has 2 aromatic carbocycles. The van der Waals surface area contributed by atoms with Gasteiger partial charge in [-0.25, -0.2) is 9.97 Å². The van der Waals surface area contributed by atoms with Crippen LogP contribution < -0.4 is 5.32 Å². The van der Waals surface area contributed by atoms with Crippen LogP contribution in [-0.2, 0) is 11.2 Å². The minimum Gasteiger partial charge on any atom is -0.326 e. The number of carbonyl (C=O) groups excluding carboxylic acids is 2. The van der Waals surface area contributed by atoms with E-state index in [0.29, 0.717) is 33.1 Å². The molecule has 2 heterocycles. The SMILES string of the molecule is CC(C(=O)Nc1ccc2nc(CC(=O)c3cscn3)sc2c1)c1cc(C#N)cc(C#N)c1. The molecule has 1 amide bonds. The topological polar surface area (TPSA) is 120 Å². The van der Waals surface area contributed by atoms with E-state index in [9.17, 15) is 9.59 Å². The summed E-state index contributed by atoms with van der Waals surface area (Å²) >= 11 is 2.77. The van der Waals surface area contributed by atoms with Gasteiger partial charge in [0.25, 0.3) is 0 Å². The summed E-state index contributed by atoms with van der Waals surface area (Å²) in [4.78, 5) is 33.6. The molecule has 0 fully saturated rings. The Labute approximate surface area is 191 Å². The van der Waals surface area contributed by atoms with Crippen molar-refractivity contribution in [2.75, 3.05) is 5.32 Å². The maximum absolute atomic E-state index is 12.8. The summed E-state index contributed by atoms with van der Waals surface area (Å²) in [5.74, 6) is -0.894. The Morgan fingerprint density at radius 2 is 1.88 bits per heavy atom. The molecule has 4 rings (SSSR count). The number of benzene rings is 2. The van der Waals surface area contributed by atoms with Crippen LogP contribution in [0.4, 0.5) is 5.69 Å². The molecular weight excluding hydrogens is 442 g/mol. The average Bonchev–Trinajstić information content (AvgIpc) is 3.47. The predicted molar refractivity (Wildman–Crippen MR) is 123 cm³/mol. The standard InChI is InChI=1S/C23H15N5O2S2/c1-13(16-5-14(9-24)4-15(6-16)10-25)23(30)27-17-2-3-18-21(7-17)32-22(28-18)8-20(29)19-11-31-12-26-19/h2-7,11-13H,8H2,1H3,(H,27,30). The van der Waals surface area contributed by atoms with E-state index in [1.165, 1.54) is 28.7 Å². The number of fused-ring (bicyclic) bond motifs is 1. The lowest BCUT2D eigenvalue weighted by atomic mass is 9.96. The van der Waals surface area contributed by atoms with Crippen LogP contribution in [0.15, 0.2) is 47.3 Å². The van der Waals surface area contributed by atoms with E-state index in [-0.39, 0.29) is 18.1 Å². The molecule has 1 atom stereocenters. The Morgan fingerprint density at radius 3 is 2.53 bits per heavy atom. The molecule has 4 aromatic rings. The number of amides is 1. The van der Waals surface area contributed by atoms with E-state index >= 15 is 0 Å². The highest BCUT2D eigenvalue weighted by Crippen LogP contribution is 2.27. The van der Waals surface area contributed by atoms with Gasteiger partial charge in [-0.1, -0.05) is 0 Å². The fraction of sp³-hybridized carbons (Fsp3) is 0.130. The zero-order chi connectivity index (χ0) is 22.7. The molecule has 1 unspecified atom stereocenters. The molecule has 0 aliphatic rings. The van der Waals surface area contributed by atoms with E-state index in [4.69, 9.17) is 10.5 Å². The Hall–Kier alpha value is -3.92. The van der Waals surface area contributed by atoms with Crippen molar-refractivity contribution in [3.05, 3.63) is 74.7 Å². The summed E-state index contributed by atoms with van der Waals surface area (Å²) in [5.41, 5.74) is 4.69. The fourth-order valence-corrected chi connectivity index (χ4v) is 4.70. The van der Waals surface area contributed by atoms with Gasteiger partial charge < -0.3 is 5.32 Å². The van der Waals surface area contributed by atoms with E-state index in [1.807, 2.05) is 18.2 Å². The molecule has 0 saturated heterocycles. The maximum Gasteiger partial charge on any atom is 0.231 e. The van der Waals surface area contributed by atoms with Crippen molar-refractivity contribution in [1.82, 2.24) is 9.97 Å². The molecule has 0 radical (unpaired) electrons. The molecule has 0 spiro atoms. The van der Waals surface area contributed by atoms with Gasteiger partial charge in [-0.05, 0) is 48.9 Å². The van der Waals surface area contributed by atoms with Crippen molar-refractivity contribution < 1.29 is 9.59 Å². The van der Waals surface area contributed by atoms with Gasteiger partial charge in [0.1, 0.15) is 10.7 Å². The van der Waals surface area contributed by atoms with Gasteiger partial charge >= 0.3 is 0 Å². The number of hydrogen-bond acceptors (Lipinski definition) is 8. The number of nitrogens with one attached hydrogen (secondary N) is 1. The predicted octanol–water partition coefficient (Wildman–Crippen LogP) is 4.66.